The summed E-state index contributed by atoms with van der Waals surface area (Å²) in [5.41, 5.74) is 0.431. The van der Waals surface area contributed by atoms with E-state index in [2.05, 4.69) is 0 Å². The second-order valence-electron chi connectivity index (χ2n) is 4.25. The Bertz CT molecular complexity index is 731. The number of carboxylic acid groups (broad SMARTS) is 1. The van der Waals surface area contributed by atoms with E-state index in [1.807, 2.05) is 6.07 Å². The van der Waals surface area contributed by atoms with Crippen molar-refractivity contribution in [2.24, 2.45) is 0 Å². The van der Waals surface area contributed by atoms with Crippen LogP contribution in [0, 0.1) is 11.3 Å². The standard InChI is InChI=1S/C16H13NO5/c1-20-14-7-12(16(18)19)13(8-15(14)21-2)22-11-5-3-10(9-17)4-6-11/h3-8H,1-2H3,(H,18,19). The van der Waals surface area contributed by atoms with E-state index in [0.717, 1.165) is 0 Å². The molecular formula is C16H13NO5. The molecule has 0 bridgehead atoms. The maximum Gasteiger partial charge on any atom is 0.339 e. The first kappa shape index (κ1) is 15.2. The van der Waals surface area contributed by atoms with E-state index in [1.165, 1.54) is 26.4 Å². The quantitative estimate of drug-likeness (QED) is 0.912. The highest BCUT2D eigenvalue weighted by atomic mass is 16.5. The molecule has 0 radical (unpaired) electrons. The molecule has 1 N–H and O–H groups in total. The number of methoxy groups -OCH3 is 2. The minimum Gasteiger partial charge on any atom is -0.493 e. The van der Waals surface area contributed by atoms with Crippen molar-refractivity contribution in [3.63, 3.8) is 0 Å². The molecule has 0 aliphatic heterocycles. The van der Waals surface area contributed by atoms with E-state index >= 15 is 0 Å². The third kappa shape index (κ3) is 3.10. The second-order valence-corrected chi connectivity index (χ2v) is 4.25. The summed E-state index contributed by atoms with van der Waals surface area (Å²) in [6, 6.07) is 11.1. The zero-order chi connectivity index (χ0) is 16.1. The third-order valence-electron chi connectivity index (χ3n) is 2.93. The Morgan fingerprint density at radius 2 is 1.64 bits per heavy atom. The molecule has 2 aromatic carbocycles. The molecule has 22 heavy (non-hydrogen) atoms. The number of carbonyl (C=O) groups is 1. The van der Waals surface area contributed by atoms with Gasteiger partial charge in [0.25, 0.3) is 0 Å². The van der Waals surface area contributed by atoms with Crippen LogP contribution in [0.1, 0.15) is 15.9 Å². The van der Waals surface area contributed by atoms with Gasteiger partial charge in [0.15, 0.2) is 11.5 Å². The average Bonchev–Trinajstić information content (AvgIpc) is 2.54. The molecule has 0 aromatic heterocycles. The molecule has 0 aliphatic rings. The lowest BCUT2D eigenvalue weighted by Gasteiger charge is -2.13. The van der Waals surface area contributed by atoms with Crippen LogP contribution in [0.4, 0.5) is 0 Å². The van der Waals surface area contributed by atoms with Crippen molar-refractivity contribution in [2.75, 3.05) is 14.2 Å². The molecule has 0 atom stereocenters. The van der Waals surface area contributed by atoms with Gasteiger partial charge >= 0.3 is 5.97 Å². The highest BCUT2D eigenvalue weighted by Gasteiger charge is 2.18. The first-order valence-corrected chi connectivity index (χ1v) is 6.26. The molecular weight excluding hydrogens is 286 g/mol. The van der Waals surface area contributed by atoms with Crippen molar-refractivity contribution in [1.82, 2.24) is 0 Å². The summed E-state index contributed by atoms with van der Waals surface area (Å²) in [5, 5.41) is 18.1. The number of nitriles is 1. The van der Waals surface area contributed by atoms with Gasteiger partial charge in [-0.25, -0.2) is 4.79 Å². The molecule has 0 unspecified atom stereocenters. The van der Waals surface area contributed by atoms with E-state index in [4.69, 9.17) is 19.5 Å². The summed E-state index contributed by atoms with van der Waals surface area (Å²) < 4.78 is 15.8. The number of benzene rings is 2. The zero-order valence-electron chi connectivity index (χ0n) is 12.0. The summed E-state index contributed by atoms with van der Waals surface area (Å²) in [5.74, 6) is 0.0383. The van der Waals surface area contributed by atoms with Crippen LogP contribution in [0.25, 0.3) is 0 Å². The first-order valence-electron chi connectivity index (χ1n) is 6.26. The fourth-order valence-corrected chi connectivity index (χ4v) is 1.84. The van der Waals surface area contributed by atoms with Gasteiger partial charge in [-0.1, -0.05) is 0 Å². The van der Waals surface area contributed by atoms with E-state index in [1.54, 1.807) is 24.3 Å². The lowest BCUT2D eigenvalue weighted by molar-refractivity contribution is 0.0693. The molecule has 2 rings (SSSR count). The number of hydrogen-bond acceptors (Lipinski definition) is 5. The fraction of sp³-hybridized carbons (Fsp3) is 0.125. The van der Waals surface area contributed by atoms with Gasteiger partial charge in [0.1, 0.15) is 17.1 Å². The van der Waals surface area contributed by atoms with Gasteiger partial charge in [-0.05, 0) is 24.3 Å². The number of carboxylic acids is 1. The Labute approximate surface area is 127 Å². The van der Waals surface area contributed by atoms with E-state index in [0.29, 0.717) is 22.8 Å². The lowest BCUT2D eigenvalue weighted by atomic mass is 10.1. The molecule has 0 amide bonds. The normalized spacial score (nSPS) is 9.68. The van der Waals surface area contributed by atoms with E-state index in [9.17, 15) is 9.90 Å². The molecule has 6 heteroatoms. The molecule has 0 aliphatic carbocycles. The Hall–Kier alpha value is -3.20. The Balaban J connectivity index is 2.43. The highest BCUT2D eigenvalue weighted by Crippen LogP contribution is 2.36. The van der Waals surface area contributed by atoms with Gasteiger partial charge in [0, 0.05) is 12.1 Å². The molecule has 0 heterocycles. The van der Waals surface area contributed by atoms with Gasteiger partial charge in [-0.3, -0.25) is 0 Å². The van der Waals surface area contributed by atoms with Crippen molar-refractivity contribution in [2.45, 2.75) is 0 Å². The van der Waals surface area contributed by atoms with Gasteiger partial charge in [-0.15, -0.1) is 0 Å². The summed E-state index contributed by atoms with van der Waals surface area (Å²) in [6.07, 6.45) is 0. The van der Waals surface area contributed by atoms with Crippen LogP contribution in [0.15, 0.2) is 36.4 Å². The van der Waals surface area contributed by atoms with Crippen LogP contribution in [-0.4, -0.2) is 25.3 Å². The second kappa shape index (κ2) is 6.50. The van der Waals surface area contributed by atoms with Crippen molar-refractivity contribution in [3.05, 3.63) is 47.5 Å². The summed E-state index contributed by atoms with van der Waals surface area (Å²) in [7, 11) is 2.87. The summed E-state index contributed by atoms with van der Waals surface area (Å²) >= 11 is 0. The summed E-state index contributed by atoms with van der Waals surface area (Å²) in [4.78, 5) is 11.4. The van der Waals surface area contributed by atoms with Gasteiger partial charge < -0.3 is 19.3 Å². The topological polar surface area (TPSA) is 88.8 Å². The highest BCUT2D eigenvalue weighted by molar-refractivity contribution is 5.92. The maximum atomic E-state index is 11.4. The molecule has 2 aromatic rings. The van der Waals surface area contributed by atoms with Gasteiger partial charge in [-0.2, -0.15) is 5.26 Å². The first-order chi connectivity index (χ1) is 10.6. The van der Waals surface area contributed by atoms with Gasteiger partial charge in [0.2, 0.25) is 0 Å². The zero-order valence-corrected chi connectivity index (χ0v) is 12.0. The predicted octanol–water partition coefficient (Wildman–Crippen LogP) is 3.07. The Morgan fingerprint density at radius 1 is 1.05 bits per heavy atom. The van der Waals surface area contributed by atoms with E-state index in [-0.39, 0.29) is 11.3 Å². The SMILES string of the molecule is COc1cc(Oc2ccc(C#N)cc2)c(C(=O)O)cc1OC. The monoisotopic (exact) mass is 299 g/mol. The molecule has 0 saturated carbocycles. The van der Waals surface area contributed by atoms with Crippen molar-refractivity contribution < 1.29 is 24.1 Å². The van der Waals surface area contributed by atoms with Crippen molar-refractivity contribution in [1.29, 1.82) is 5.26 Å². The Kier molecular flexibility index (Phi) is 4.49. The van der Waals surface area contributed by atoms with Crippen LogP contribution in [0.3, 0.4) is 0 Å². The number of rotatable bonds is 5. The van der Waals surface area contributed by atoms with Gasteiger partial charge in [0.05, 0.1) is 25.9 Å². The van der Waals surface area contributed by atoms with Crippen LogP contribution in [0.2, 0.25) is 0 Å². The van der Waals surface area contributed by atoms with Crippen LogP contribution < -0.4 is 14.2 Å². The van der Waals surface area contributed by atoms with Crippen LogP contribution in [0.5, 0.6) is 23.0 Å². The average molecular weight is 299 g/mol. The fourth-order valence-electron chi connectivity index (χ4n) is 1.84. The molecule has 112 valence electrons. The molecule has 0 spiro atoms. The van der Waals surface area contributed by atoms with E-state index < -0.39 is 5.97 Å². The van der Waals surface area contributed by atoms with Crippen molar-refractivity contribution >= 4 is 5.97 Å². The molecule has 0 saturated heterocycles. The van der Waals surface area contributed by atoms with Crippen LogP contribution >= 0.6 is 0 Å². The number of hydrogen-bond donors (Lipinski definition) is 1. The number of nitrogens with zero attached hydrogens (tertiary/aromatic N) is 1. The predicted molar refractivity (Wildman–Crippen MR) is 77.7 cm³/mol. The molecule has 6 nitrogen and oxygen atoms in total. The minimum absolute atomic E-state index is 0.0537. The minimum atomic E-state index is -1.15. The Morgan fingerprint density at radius 3 is 2.14 bits per heavy atom. The largest absolute Gasteiger partial charge is 0.493 e. The number of ether oxygens (including phenoxy) is 3. The smallest absolute Gasteiger partial charge is 0.339 e. The summed E-state index contributed by atoms with van der Waals surface area (Å²) in [6.45, 7) is 0. The third-order valence-corrected chi connectivity index (χ3v) is 2.93. The van der Waals surface area contributed by atoms with Crippen LogP contribution in [-0.2, 0) is 0 Å². The number of aromatic carboxylic acids is 1. The molecule has 0 fully saturated rings. The lowest BCUT2D eigenvalue weighted by Crippen LogP contribution is -2.02. The van der Waals surface area contributed by atoms with Crippen molar-refractivity contribution in [3.8, 4) is 29.1 Å². The maximum absolute atomic E-state index is 11.4.